The van der Waals surface area contributed by atoms with Crippen molar-refractivity contribution in [2.45, 2.75) is 19.8 Å². The number of ether oxygens (including phenoxy) is 1. The second-order valence-electron chi connectivity index (χ2n) is 5.80. The molecule has 1 aliphatic heterocycles. The van der Waals surface area contributed by atoms with Gasteiger partial charge in [-0.15, -0.1) is 0 Å². The van der Waals surface area contributed by atoms with E-state index in [-0.39, 0.29) is 0 Å². The standard InChI is InChI=1S/C16H22N6O/c1-12(2)15-17-6-4-13(19-15)21-8-10-22(11-9-21)16-18-7-5-14(20-16)23-3/h4-7,12H,8-11H2,1-3H3. The van der Waals surface area contributed by atoms with Gasteiger partial charge in [0.2, 0.25) is 11.8 Å². The summed E-state index contributed by atoms with van der Waals surface area (Å²) in [6.45, 7) is 7.70. The zero-order valence-electron chi connectivity index (χ0n) is 13.8. The zero-order chi connectivity index (χ0) is 16.2. The van der Waals surface area contributed by atoms with E-state index in [1.165, 1.54) is 0 Å². The summed E-state index contributed by atoms with van der Waals surface area (Å²) >= 11 is 0. The van der Waals surface area contributed by atoms with Crippen molar-refractivity contribution in [3.05, 3.63) is 30.4 Å². The summed E-state index contributed by atoms with van der Waals surface area (Å²) in [7, 11) is 1.62. The van der Waals surface area contributed by atoms with Gasteiger partial charge in [-0.05, 0) is 6.07 Å². The lowest BCUT2D eigenvalue weighted by molar-refractivity contribution is 0.396. The molecule has 0 aliphatic carbocycles. The fourth-order valence-electron chi connectivity index (χ4n) is 2.55. The van der Waals surface area contributed by atoms with Crippen molar-refractivity contribution in [3.63, 3.8) is 0 Å². The van der Waals surface area contributed by atoms with Crippen molar-refractivity contribution in [2.75, 3.05) is 43.1 Å². The highest BCUT2D eigenvalue weighted by Gasteiger charge is 2.20. The number of hydrogen-bond acceptors (Lipinski definition) is 7. The molecule has 0 radical (unpaired) electrons. The molecule has 23 heavy (non-hydrogen) atoms. The molecule has 2 aromatic heterocycles. The summed E-state index contributed by atoms with van der Waals surface area (Å²) < 4.78 is 5.17. The van der Waals surface area contributed by atoms with Crippen molar-refractivity contribution < 1.29 is 4.74 Å². The van der Waals surface area contributed by atoms with Crippen LogP contribution in [0.2, 0.25) is 0 Å². The fourth-order valence-corrected chi connectivity index (χ4v) is 2.55. The molecule has 0 saturated carbocycles. The summed E-state index contributed by atoms with van der Waals surface area (Å²) in [4.78, 5) is 22.2. The molecule has 0 N–H and O–H groups in total. The Balaban J connectivity index is 1.67. The second kappa shape index (κ2) is 6.76. The van der Waals surface area contributed by atoms with Crippen LogP contribution in [0.5, 0.6) is 5.88 Å². The number of hydrogen-bond donors (Lipinski definition) is 0. The largest absolute Gasteiger partial charge is 0.481 e. The molecule has 1 saturated heterocycles. The van der Waals surface area contributed by atoms with Crippen LogP contribution in [0.25, 0.3) is 0 Å². The summed E-state index contributed by atoms with van der Waals surface area (Å²) in [6.07, 6.45) is 3.57. The minimum atomic E-state index is 0.335. The molecule has 2 aromatic rings. The van der Waals surface area contributed by atoms with Crippen LogP contribution in [0.4, 0.5) is 11.8 Å². The van der Waals surface area contributed by atoms with Crippen LogP contribution in [0.3, 0.4) is 0 Å². The minimum absolute atomic E-state index is 0.335. The van der Waals surface area contributed by atoms with E-state index in [1.54, 1.807) is 19.4 Å². The van der Waals surface area contributed by atoms with Crippen LogP contribution < -0.4 is 14.5 Å². The van der Waals surface area contributed by atoms with Gasteiger partial charge >= 0.3 is 0 Å². The first kappa shape index (κ1) is 15.5. The third kappa shape index (κ3) is 3.49. The molecule has 0 spiro atoms. The van der Waals surface area contributed by atoms with Gasteiger partial charge in [0, 0.05) is 50.6 Å². The lowest BCUT2D eigenvalue weighted by Crippen LogP contribution is -2.47. The van der Waals surface area contributed by atoms with Gasteiger partial charge in [-0.1, -0.05) is 13.8 Å². The van der Waals surface area contributed by atoms with Gasteiger partial charge in [0.25, 0.3) is 0 Å². The number of aromatic nitrogens is 4. The van der Waals surface area contributed by atoms with E-state index in [0.29, 0.717) is 11.8 Å². The molecule has 7 heteroatoms. The maximum Gasteiger partial charge on any atom is 0.228 e. The third-order valence-electron chi connectivity index (χ3n) is 3.89. The predicted molar refractivity (Wildman–Crippen MR) is 89.1 cm³/mol. The van der Waals surface area contributed by atoms with Gasteiger partial charge in [-0.2, -0.15) is 4.98 Å². The second-order valence-corrected chi connectivity index (χ2v) is 5.80. The van der Waals surface area contributed by atoms with Gasteiger partial charge in [0.05, 0.1) is 7.11 Å². The van der Waals surface area contributed by atoms with Crippen LogP contribution in [-0.4, -0.2) is 53.2 Å². The minimum Gasteiger partial charge on any atom is -0.481 e. The monoisotopic (exact) mass is 314 g/mol. The number of piperazine rings is 1. The highest BCUT2D eigenvalue weighted by Crippen LogP contribution is 2.19. The first-order chi connectivity index (χ1) is 11.2. The average Bonchev–Trinajstić information content (AvgIpc) is 2.62. The molecule has 122 valence electrons. The Hall–Kier alpha value is -2.44. The van der Waals surface area contributed by atoms with Crippen molar-refractivity contribution in [3.8, 4) is 5.88 Å². The zero-order valence-corrected chi connectivity index (χ0v) is 13.8. The van der Waals surface area contributed by atoms with Gasteiger partial charge < -0.3 is 14.5 Å². The van der Waals surface area contributed by atoms with Crippen LogP contribution in [0.15, 0.2) is 24.5 Å². The molecule has 0 amide bonds. The smallest absolute Gasteiger partial charge is 0.228 e. The molecule has 0 bridgehead atoms. The first-order valence-electron chi connectivity index (χ1n) is 7.87. The molecule has 3 heterocycles. The Labute approximate surface area is 136 Å². The predicted octanol–water partition coefficient (Wildman–Crippen LogP) is 1.73. The Morgan fingerprint density at radius 2 is 1.65 bits per heavy atom. The van der Waals surface area contributed by atoms with Crippen molar-refractivity contribution in [1.82, 2.24) is 19.9 Å². The van der Waals surface area contributed by atoms with E-state index < -0.39 is 0 Å². The maximum atomic E-state index is 5.17. The lowest BCUT2D eigenvalue weighted by atomic mass is 10.2. The molecule has 3 rings (SSSR count). The van der Waals surface area contributed by atoms with Gasteiger partial charge in [-0.3, -0.25) is 0 Å². The van der Waals surface area contributed by atoms with Crippen LogP contribution in [0.1, 0.15) is 25.6 Å². The third-order valence-corrected chi connectivity index (χ3v) is 3.89. The van der Waals surface area contributed by atoms with E-state index in [1.807, 2.05) is 12.3 Å². The number of nitrogens with zero attached hydrogens (tertiary/aromatic N) is 6. The van der Waals surface area contributed by atoms with Gasteiger partial charge in [0.15, 0.2) is 0 Å². The normalized spacial score (nSPS) is 15.1. The van der Waals surface area contributed by atoms with Crippen LogP contribution in [-0.2, 0) is 0 Å². The SMILES string of the molecule is COc1ccnc(N2CCN(c3ccnc(C(C)C)n3)CC2)n1. The molecule has 1 fully saturated rings. The highest BCUT2D eigenvalue weighted by molar-refractivity contribution is 5.42. The summed E-state index contributed by atoms with van der Waals surface area (Å²) in [5, 5.41) is 0. The van der Waals surface area contributed by atoms with Gasteiger partial charge in [0.1, 0.15) is 11.6 Å². The van der Waals surface area contributed by atoms with E-state index in [0.717, 1.165) is 43.8 Å². The van der Waals surface area contributed by atoms with Crippen molar-refractivity contribution in [2.24, 2.45) is 0 Å². The maximum absolute atomic E-state index is 5.17. The Morgan fingerprint density at radius 3 is 2.35 bits per heavy atom. The van der Waals surface area contributed by atoms with Crippen LogP contribution in [0, 0.1) is 0 Å². The average molecular weight is 314 g/mol. The Bertz CT molecular complexity index is 655. The Kier molecular flexibility index (Phi) is 4.55. The fraction of sp³-hybridized carbons (Fsp3) is 0.500. The molecule has 7 nitrogen and oxygen atoms in total. The molecular formula is C16H22N6O. The lowest BCUT2D eigenvalue weighted by Gasteiger charge is -2.35. The molecule has 0 aromatic carbocycles. The number of rotatable bonds is 4. The first-order valence-corrected chi connectivity index (χ1v) is 7.87. The van der Waals surface area contributed by atoms with Gasteiger partial charge in [-0.25, -0.2) is 15.0 Å². The molecule has 0 unspecified atom stereocenters. The number of methoxy groups -OCH3 is 1. The van der Waals surface area contributed by atoms with E-state index in [4.69, 9.17) is 4.74 Å². The van der Waals surface area contributed by atoms with Crippen molar-refractivity contribution in [1.29, 1.82) is 0 Å². The van der Waals surface area contributed by atoms with E-state index in [9.17, 15) is 0 Å². The molecular weight excluding hydrogens is 292 g/mol. The van der Waals surface area contributed by atoms with Crippen molar-refractivity contribution >= 4 is 11.8 Å². The summed E-state index contributed by atoms with van der Waals surface area (Å²) in [6, 6.07) is 3.73. The summed E-state index contributed by atoms with van der Waals surface area (Å²) in [5.74, 6) is 3.53. The highest BCUT2D eigenvalue weighted by atomic mass is 16.5. The molecule has 1 aliphatic rings. The van der Waals surface area contributed by atoms with E-state index in [2.05, 4.69) is 43.6 Å². The van der Waals surface area contributed by atoms with E-state index >= 15 is 0 Å². The Morgan fingerprint density at radius 1 is 0.957 bits per heavy atom. The van der Waals surface area contributed by atoms with Crippen LogP contribution >= 0.6 is 0 Å². The molecule has 0 atom stereocenters. The topological polar surface area (TPSA) is 67.3 Å². The quantitative estimate of drug-likeness (QED) is 0.851. The number of anilines is 2. The summed E-state index contributed by atoms with van der Waals surface area (Å²) in [5.41, 5.74) is 0.